The highest BCUT2D eigenvalue weighted by Gasteiger charge is 2.17. The lowest BCUT2D eigenvalue weighted by molar-refractivity contribution is 0.102. The largest absolute Gasteiger partial charge is 0.289 e. The van der Waals surface area contributed by atoms with Gasteiger partial charge in [-0.2, -0.15) is 5.10 Å². The van der Waals surface area contributed by atoms with E-state index in [4.69, 9.17) is 0 Å². The molecular weight excluding hydrogens is 349 g/mol. The molecule has 0 fully saturated rings. The average Bonchev–Trinajstić information content (AvgIpc) is 3.22. The summed E-state index contributed by atoms with van der Waals surface area (Å²) in [5, 5.41) is 11.1. The molecule has 1 aromatic carbocycles. The molecule has 3 heterocycles. The second-order valence-corrected chi connectivity index (χ2v) is 6.18. The van der Waals surface area contributed by atoms with Gasteiger partial charge in [0.15, 0.2) is 5.65 Å². The molecule has 4 aromatic rings. The van der Waals surface area contributed by atoms with E-state index in [1.807, 2.05) is 19.9 Å². The van der Waals surface area contributed by atoms with E-state index >= 15 is 0 Å². The molecule has 0 spiro atoms. The number of carbonyl (C=O) groups excluding carboxylic acids is 1. The molecule has 0 aliphatic carbocycles. The predicted molar refractivity (Wildman–Crippen MR) is 95.9 cm³/mol. The van der Waals surface area contributed by atoms with Crippen LogP contribution < -0.4 is 5.32 Å². The van der Waals surface area contributed by atoms with Crippen molar-refractivity contribution in [2.24, 2.45) is 0 Å². The molecule has 1 N–H and O–H groups in total. The minimum Gasteiger partial charge on any atom is -0.289 e. The molecule has 3 aromatic heterocycles. The highest BCUT2D eigenvalue weighted by Crippen LogP contribution is 2.13. The lowest BCUT2D eigenvalue weighted by Crippen LogP contribution is -2.14. The molecule has 8 nitrogen and oxygen atoms in total. The first-order chi connectivity index (χ1) is 13.0. The van der Waals surface area contributed by atoms with Crippen molar-refractivity contribution >= 4 is 17.5 Å². The zero-order valence-corrected chi connectivity index (χ0v) is 14.7. The van der Waals surface area contributed by atoms with Crippen molar-refractivity contribution in [3.8, 4) is 0 Å². The Labute approximate surface area is 153 Å². The third-order valence-corrected chi connectivity index (χ3v) is 4.02. The van der Waals surface area contributed by atoms with E-state index in [0.29, 0.717) is 17.8 Å². The van der Waals surface area contributed by atoms with Gasteiger partial charge in [0.1, 0.15) is 17.7 Å². The summed E-state index contributed by atoms with van der Waals surface area (Å²) < 4.78 is 16.4. The number of nitrogens with zero attached hydrogens (tertiary/aromatic N) is 6. The molecule has 0 atom stereocenters. The van der Waals surface area contributed by atoms with Gasteiger partial charge in [-0.05, 0) is 37.6 Å². The van der Waals surface area contributed by atoms with Crippen LogP contribution in [-0.2, 0) is 6.54 Å². The molecule has 136 valence electrons. The zero-order chi connectivity index (χ0) is 19.0. The van der Waals surface area contributed by atoms with Gasteiger partial charge in [0.25, 0.3) is 5.91 Å². The van der Waals surface area contributed by atoms with E-state index in [0.717, 1.165) is 17.0 Å². The highest BCUT2D eigenvalue weighted by molar-refractivity contribution is 6.07. The van der Waals surface area contributed by atoms with Crippen LogP contribution >= 0.6 is 0 Å². The van der Waals surface area contributed by atoms with Crippen LogP contribution in [0.15, 0.2) is 42.9 Å². The quantitative estimate of drug-likeness (QED) is 0.600. The number of hydrogen-bond donors (Lipinski definition) is 1. The summed E-state index contributed by atoms with van der Waals surface area (Å²) in [5.74, 6) is -0.557. The van der Waals surface area contributed by atoms with Gasteiger partial charge >= 0.3 is 0 Å². The molecule has 0 aliphatic heterocycles. The Balaban J connectivity index is 1.53. The molecule has 0 unspecified atom stereocenters. The van der Waals surface area contributed by atoms with Crippen LogP contribution in [0.1, 0.15) is 27.3 Å². The number of carbonyl (C=O) groups is 1. The molecule has 4 rings (SSSR count). The summed E-state index contributed by atoms with van der Waals surface area (Å²) in [6, 6.07) is 8.11. The van der Waals surface area contributed by atoms with Crippen LogP contribution in [0.3, 0.4) is 0 Å². The van der Waals surface area contributed by atoms with Crippen LogP contribution in [0.5, 0.6) is 0 Å². The van der Waals surface area contributed by atoms with Gasteiger partial charge in [0.05, 0.1) is 12.7 Å². The van der Waals surface area contributed by atoms with Crippen molar-refractivity contribution in [1.29, 1.82) is 0 Å². The number of aryl methyl sites for hydroxylation is 2. The Kier molecular flexibility index (Phi) is 4.11. The predicted octanol–water partition coefficient (Wildman–Crippen LogP) is 2.38. The van der Waals surface area contributed by atoms with Crippen molar-refractivity contribution in [1.82, 2.24) is 29.4 Å². The third kappa shape index (κ3) is 3.39. The fraction of sp³-hybridized carbons (Fsp3) is 0.167. The van der Waals surface area contributed by atoms with Crippen molar-refractivity contribution in [2.45, 2.75) is 20.4 Å². The zero-order valence-electron chi connectivity index (χ0n) is 14.7. The SMILES string of the molecule is Cc1cc(C)n2ncc(C(=O)Nc3ncn(Cc4cccc(F)c4)n3)c2n1. The summed E-state index contributed by atoms with van der Waals surface area (Å²) in [4.78, 5) is 21.0. The van der Waals surface area contributed by atoms with Gasteiger partial charge in [-0.3, -0.25) is 10.1 Å². The van der Waals surface area contributed by atoms with Gasteiger partial charge in [0.2, 0.25) is 5.95 Å². The van der Waals surface area contributed by atoms with Crippen molar-refractivity contribution < 1.29 is 9.18 Å². The minimum absolute atomic E-state index is 0.153. The standard InChI is InChI=1S/C18H16FN7O/c1-11-6-12(2)26-16(22-11)15(8-21-26)17(27)23-18-20-10-25(24-18)9-13-4-3-5-14(19)7-13/h3-8,10H,9H2,1-2H3,(H,23,24,27). The second-order valence-electron chi connectivity index (χ2n) is 6.18. The Hall–Kier alpha value is -3.62. The first-order valence-corrected chi connectivity index (χ1v) is 8.27. The molecular formula is C18H16FN7O. The van der Waals surface area contributed by atoms with Gasteiger partial charge in [-0.1, -0.05) is 12.1 Å². The van der Waals surface area contributed by atoms with E-state index in [9.17, 15) is 9.18 Å². The van der Waals surface area contributed by atoms with E-state index in [1.54, 1.807) is 16.6 Å². The number of halogens is 1. The Morgan fingerprint density at radius 2 is 2.11 bits per heavy atom. The smallest absolute Gasteiger partial charge is 0.263 e. The highest BCUT2D eigenvalue weighted by atomic mass is 19.1. The van der Waals surface area contributed by atoms with E-state index < -0.39 is 5.91 Å². The molecule has 0 saturated heterocycles. The van der Waals surface area contributed by atoms with Gasteiger partial charge in [0, 0.05) is 11.4 Å². The lowest BCUT2D eigenvalue weighted by Gasteiger charge is -2.03. The number of amides is 1. The molecule has 0 bridgehead atoms. The summed E-state index contributed by atoms with van der Waals surface area (Å²) in [5.41, 5.74) is 3.24. The van der Waals surface area contributed by atoms with Crippen LogP contribution in [0.25, 0.3) is 5.65 Å². The number of fused-ring (bicyclic) bond motifs is 1. The normalized spacial score (nSPS) is 11.1. The topological polar surface area (TPSA) is 90.0 Å². The average molecular weight is 365 g/mol. The van der Waals surface area contributed by atoms with E-state index in [-0.39, 0.29) is 11.8 Å². The molecule has 0 aliphatic rings. The fourth-order valence-corrected chi connectivity index (χ4v) is 2.85. The maximum atomic E-state index is 13.3. The maximum Gasteiger partial charge on any atom is 0.263 e. The summed E-state index contributed by atoms with van der Waals surface area (Å²) in [7, 11) is 0. The number of anilines is 1. The molecule has 9 heteroatoms. The molecule has 1 amide bonds. The van der Waals surface area contributed by atoms with E-state index in [2.05, 4.69) is 25.5 Å². The molecule has 27 heavy (non-hydrogen) atoms. The minimum atomic E-state index is -0.397. The molecule has 0 saturated carbocycles. The molecule has 0 radical (unpaired) electrons. The van der Waals surface area contributed by atoms with Crippen molar-refractivity contribution in [3.05, 3.63) is 71.2 Å². The van der Waals surface area contributed by atoms with Crippen LogP contribution in [0.4, 0.5) is 10.3 Å². The Bertz CT molecular complexity index is 1150. The van der Waals surface area contributed by atoms with Crippen molar-refractivity contribution in [2.75, 3.05) is 5.32 Å². The maximum absolute atomic E-state index is 13.3. The number of nitrogens with one attached hydrogen (secondary N) is 1. The fourth-order valence-electron chi connectivity index (χ4n) is 2.85. The van der Waals surface area contributed by atoms with Crippen LogP contribution in [-0.4, -0.2) is 35.3 Å². The first-order valence-electron chi connectivity index (χ1n) is 8.27. The monoisotopic (exact) mass is 365 g/mol. The van der Waals surface area contributed by atoms with Gasteiger partial charge in [-0.15, -0.1) is 5.10 Å². The van der Waals surface area contributed by atoms with Gasteiger partial charge in [-0.25, -0.2) is 23.6 Å². The third-order valence-electron chi connectivity index (χ3n) is 4.02. The lowest BCUT2D eigenvalue weighted by atomic mass is 10.2. The Morgan fingerprint density at radius 1 is 1.26 bits per heavy atom. The van der Waals surface area contributed by atoms with Crippen molar-refractivity contribution in [3.63, 3.8) is 0 Å². The summed E-state index contributed by atoms with van der Waals surface area (Å²) in [6.07, 6.45) is 2.94. The second kappa shape index (κ2) is 6.60. The number of benzene rings is 1. The number of aromatic nitrogens is 6. The summed E-state index contributed by atoms with van der Waals surface area (Å²) in [6.45, 7) is 4.10. The van der Waals surface area contributed by atoms with Crippen LogP contribution in [0, 0.1) is 19.7 Å². The Morgan fingerprint density at radius 3 is 2.93 bits per heavy atom. The number of rotatable bonds is 4. The van der Waals surface area contributed by atoms with Gasteiger partial charge < -0.3 is 0 Å². The number of hydrogen-bond acceptors (Lipinski definition) is 5. The van der Waals surface area contributed by atoms with E-state index in [1.165, 1.54) is 29.3 Å². The first kappa shape index (κ1) is 16.8. The summed E-state index contributed by atoms with van der Waals surface area (Å²) >= 11 is 0. The van der Waals surface area contributed by atoms with Crippen LogP contribution in [0.2, 0.25) is 0 Å².